The van der Waals surface area contributed by atoms with Gasteiger partial charge in [-0.2, -0.15) is 4.85 Å². The van der Waals surface area contributed by atoms with Crippen LogP contribution in [0.2, 0.25) is 5.02 Å². The van der Waals surface area contributed by atoms with Crippen molar-refractivity contribution in [3.05, 3.63) is 25.7 Å². The third-order valence-electron chi connectivity index (χ3n) is 0.946. The number of aromatic nitrogens is 1. The molecule has 0 aliphatic carbocycles. The highest BCUT2D eigenvalue weighted by Crippen LogP contribution is 2.26. The summed E-state index contributed by atoms with van der Waals surface area (Å²) in [5, 5.41) is 0.505. The molecule has 0 unspecified atom stereocenters. The van der Waals surface area contributed by atoms with E-state index in [0.717, 1.165) is 3.57 Å². The molecular weight excluding hydrogens is 262 g/mol. The molecule has 1 aromatic rings. The summed E-state index contributed by atoms with van der Waals surface area (Å²) in [6.07, 6.45) is 1.61. The van der Waals surface area contributed by atoms with E-state index in [1.165, 1.54) is 0 Å². The molecule has 0 radical (unpaired) electrons. The van der Waals surface area contributed by atoms with E-state index in [-0.39, 0.29) is 0 Å². The molecule has 0 aliphatic heterocycles. The molecule has 0 atom stereocenters. The Morgan fingerprint density at radius 1 is 1.70 bits per heavy atom. The van der Waals surface area contributed by atoms with Crippen LogP contribution in [0.4, 0.5) is 5.82 Å². The lowest BCUT2D eigenvalue weighted by atomic mass is 10.5. The van der Waals surface area contributed by atoms with Gasteiger partial charge in [0.05, 0.1) is 0 Å². The first-order valence-corrected chi connectivity index (χ1v) is 3.92. The predicted octanol–water partition coefficient (Wildman–Crippen LogP) is 2.93. The van der Waals surface area contributed by atoms with E-state index in [2.05, 4.69) is 32.4 Å². The van der Waals surface area contributed by atoms with Crippen LogP contribution in [0.5, 0.6) is 0 Å². The molecule has 1 aromatic heterocycles. The lowest BCUT2D eigenvalue weighted by molar-refractivity contribution is 1.34. The van der Waals surface area contributed by atoms with Crippen molar-refractivity contribution in [1.82, 2.24) is 4.98 Å². The van der Waals surface area contributed by atoms with Gasteiger partial charge in [0.2, 0.25) is 0 Å². The minimum atomic E-state index is 0.383. The third-order valence-corrected chi connectivity index (χ3v) is 2.54. The molecule has 0 saturated heterocycles. The fraction of sp³-hybridized carbons (Fsp3) is 0. The van der Waals surface area contributed by atoms with Gasteiger partial charge in [0.15, 0.2) is 5.02 Å². The maximum atomic E-state index is 5.75. The quantitative estimate of drug-likeness (QED) is 0.659. The Bertz CT molecular complexity index is 292. The first-order chi connectivity index (χ1) is 4.75. The summed E-state index contributed by atoms with van der Waals surface area (Å²) in [5.41, 5.74) is 0. The fourth-order valence-electron chi connectivity index (χ4n) is 0.500. The molecule has 0 spiro atoms. The molecule has 0 fully saturated rings. The molecule has 50 valence electrons. The summed E-state index contributed by atoms with van der Waals surface area (Å²) >= 11 is 7.84. The number of halogens is 2. The topological polar surface area (TPSA) is 17.2 Å². The Kier molecular flexibility index (Phi) is 2.46. The summed E-state index contributed by atoms with van der Waals surface area (Å²) in [5.74, 6) is 0.383. The van der Waals surface area contributed by atoms with Crippen molar-refractivity contribution >= 4 is 40.0 Å². The van der Waals surface area contributed by atoms with Crippen molar-refractivity contribution in [3.8, 4) is 6.57 Å². The predicted molar refractivity (Wildman–Crippen MR) is 49.9 cm³/mol. The monoisotopic (exact) mass is 265 g/mol. The minimum Gasteiger partial charge on any atom is -0.156 e. The van der Waals surface area contributed by atoms with Crippen LogP contribution in [0.3, 0.4) is 0 Å². The molecule has 0 saturated carbocycles. The van der Waals surface area contributed by atoms with Gasteiger partial charge < -0.3 is 0 Å². The summed E-state index contributed by atoms with van der Waals surface area (Å²) in [7, 11) is 0. The Balaban J connectivity index is 3.31. The number of rotatable bonds is 0. The SMILES string of the molecule is C#[N+]c1nccc(I)c1Cl. The minimum absolute atomic E-state index is 0.383. The van der Waals surface area contributed by atoms with Crippen LogP contribution in [-0.4, -0.2) is 4.98 Å². The van der Waals surface area contributed by atoms with Gasteiger partial charge in [0.25, 0.3) is 0 Å². The van der Waals surface area contributed by atoms with Crippen LogP contribution < -0.4 is 0 Å². The van der Waals surface area contributed by atoms with Gasteiger partial charge >= 0.3 is 5.82 Å². The van der Waals surface area contributed by atoms with Crippen molar-refractivity contribution in [2.45, 2.75) is 0 Å². The van der Waals surface area contributed by atoms with E-state index in [1.54, 1.807) is 12.3 Å². The molecule has 0 N–H and O–H groups in total. The largest absolute Gasteiger partial charge is 0.444 e. The van der Waals surface area contributed by atoms with Gasteiger partial charge in [-0.1, -0.05) is 11.6 Å². The zero-order valence-electron chi connectivity index (χ0n) is 4.88. The van der Waals surface area contributed by atoms with E-state index in [9.17, 15) is 0 Å². The van der Waals surface area contributed by atoms with Gasteiger partial charge in [-0.05, 0) is 33.6 Å². The maximum absolute atomic E-state index is 5.75. The van der Waals surface area contributed by atoms with Crippen LogP contribution in [0.15, 0.2) is 12.3 Å². The molecule has 0 bridgehead atoms. The molecule has 2 nitrogen and oxygen atoms in total. The summed E-state index contributed by atoms with van der Waals surface area (Å²) in [4.78, 5) is 7.21. The average Bonchev–Trinajstić information content (AvgIpc) is 1.95. The molecule has 0 aliphatic rings. The summed E-state index contributed by atoms with van der Waals surface area (Å²) < 4.78 is 0.901. The van der Waals surface area contributed by atoms with Gasteiger partial charge in [-0.15, -0.1) is 0 Å². The highest BCUT2D eigenvalue weighted by atomic mass is 127. The van der Waals surface area contributed by atoms with Crippen LogP contribution in [-0.2, 0) is 0 Å². The third kappa shape index (κ3) is 1.39. The van der Waals surface area contributed by atoms with Crippen molar-refractivity contribution in [1.29, 1.82) is 0 Å². The molecule has 1 heterocycles. The molecule has 10 heavy (non-hydrogen) atoms. The van der Waals surface area contributed by atoms with Crippen molar-refractivity contribution in [2.24, 2.45) is 0 Å². The lowest BCUT2D eigenvalue weighted by Gasteiger charge is -1.86. The number of nitrogens with zero attached hydrogens (tertiary/aromatic N) is 2. The van der Waals surface area contributed by atoms with Gasteiger partial charge in [-0.3, -0.25) is 0 Å². The van der Waals surface area contributed by atoms with Crippen LogP contribution in [0.25, 0.3) is 4.85 Å². The van der Waals surface area contributed by atoms with Crippen molar-refractivity contribution in [3.63, 3.8) is 0 Å². The summed E-state index contributed by atoms with van der Waals surface area (Å²) in [6.45, 7) is 4.99. The number of hydrogen-bond donors (Lipinski definition) is 0. The second-order valence-corrected chi connectivity index (χ2v) is 3.10. The second-order valence-electron chi connectivity index (χ2n) is 1.56. The van der Waals surface area contributed by atoms with Gasteiger partial charge in [0.1, 0.15) is 12.8 Å². The first kappa shape index (κ1) is 7.76. The van der Waals surface area contributed by atoms with E-state index in [1.807, 2.05) is 0 Å². The lowest BCUT2D eigenvalue weighted by Crippen LogP contribution is -1.76. The van der Waals surface area contributed by atoms with Crippen molar-refractivity contribution in [2.75, 3.05) is 0 Å². The Morgan fingerprint density at radius 2 is 2.40 bits per heavy atom. The smallest absolute Gasteiger partial charge is 0.156 e. The Hall–Kier alpha value is -0.340. The number of hydrogen-bond acceptors (Lipinski definition) is 1. The maximum Gasteiger partial charge on any atom is 0.444 e. The van der Waals surface area contributed by atoms with E-state index >= 15 is 0 Å². The fourth-order valence-corrected chi connectivity index (χ4v) is 1.06. The number of pyridine rings is 1. The molecule has 4 heteroatoms. The molecule has 0 amide bonds. The Morgan fingerprint density at radius 3 is 2.90 bits per heavy atom. The highest BCUT2D eigenvalue weighted by molar-refractivity contribution is 14.1. The van der Waals surface area contributed by atoms with E-state index < -0.39 is 0 Å². The zero-order chi connectivity index (χ0) is 7.56. The Labute approximate surface area is 77.2 Å². The van der Waals surface area contributed by atoms with Crippen LogP contribution in [0.1, 0.15) is 0 Å². The highest BCUT2D eigenvalue weighted by Gasteiger charge is 2.12. The van der Waals surface area contributed by atoms with Gasteiger partial charge in [0, 0.05) is 3.57 Å². The average molecular weight is 265 g/mol. The molecular formula is C6H3ClIN2+. The van der Waals surface area contributed by atoms with Gasteiger partial charge in [-0.25, -0.2) is 0 Å². The first-order valence-electron chi connectivity index (χ1n) is 2.46. The zero-order valence-corrected chi connectivity index (χ0v) is 7.80. The summed E-state index contributed by atoms with van der Waals surface area (Å²) in [6, 6.07) is 1.79. The van der Waals surface area contributed by atoms with Crippen LogP contribution >= 0.6 is 34.2 Å². The van der Waals surface area contributed by atoms with Crippen molar-refractivity contribution < 1.29 is 0 Å². The molecule has 1 rings (SSSR count). The normalized spacial score (nSPS) is 8.90. The van der Waals surface area contributed by atoms with E-state index in [0.29, 0.717) is 10.8 Å². The second kappa shape index (κ2) is 3.17. The standard InChI is InChI=1S/C6H3ClIN2/c1-9-6-5(7)4(8)2-3-10-6/h1-3H/q+1. The van der Waals surface area contributed by atoms with Crippen LogP contribution in [0, 0.1) is 10.1 Å². The molecule has 0 aromatic carbocycles. The van der Waals surface area contributed by atoms with E-state index in [4.69, 9.17) is 18.2 Å².